The third-order valence-corrected chi connectivity index (χ3v) is 21.5. The van der Waals surface area contributed by atoms with Crippen molar-refractivity contribution in [3.8, 4) is 0 Å². The summed E-state index contributed by atoms with van der Waals surface area (Å²) in [7, 11) is -9.03. The van der Waals surface area contributed by atoms with Crippen molar-refractivity contribution in [3.05, 3.63) is 202 Å². The van der Waals surface area contributed by atoms with Gasteiger partial charge >= 0.3 is 36.6 Å². The number of alkyl halides is 12. The molecule has 6 aromatic rings. The fourth-order valence-corrected chi connectivity index (χ4v) is 16.5. The zero-order chi connectivity index (χ0) is 71.8. The van der Waals surface area contributed by atoms with Crippen LogP contribution in [0.3, 0.4) is 0 Å². The summed E-state index contributed by atoms with van der Waals surface area (Å²) in [6.45, 7) is 6.26. The summed E-state index contributed by atoms with van der Waals surface area (Å²) < 4.78 is 330. The number of hydrogen-bond acceptors (Lipinski definition) is 10. The summed E-state index contributed by atoms with van der Waals surface area (Å²) >= 11 is 0. The predicted octanol–water partition coefficient (Wildman–Crippen LogP) is 17.7. The topological polar surface area (TPSA) is 139 Å². The van der Waals surface area contributed by atoms with Gasteiger partial charge < -0.3 is 18.9 Å². The predicted molar refractivity (Wildman–Crippen MR) is 309 cm³/mol. The number of benzene rings is 6. The SMILES string of the molecule is CC(C)(C)OC(=O)CC1CCC(c2ccc(C(OCc3c(F)cccc3F)(C(F)(F)F)C(F)(F)F)cc2)(S(=O)(=O)c2ccc(F)cc2)C1.CC(C)(C)OC(=O)CC1CCC(c2ccc(C(OCc3c(F)cccc3F)(C(F)(F)F)C(F)(F)F)cc2)(S(=O)(=O)c2ccc(F)cc2)C1. The monoisotopic (exact) mass is 1420 g/mol. The fourth-order valence-electron chi connectivity index (χ4n) is 12.0. The van der Waals surface area contributed by atoms with Crippen LogP contribution in [0, 0.1) is 46.7 Å². The molecular weight excluding hydrogens is 1360 g/mol. The van der Waals surface area contributed by atoms with E-state index < -0.39 is 170 Å². The molecule has 2 aliphatic rings. The fraction of sp³-hybridized carbons (Fsp3) is 0.424. The molecule has 2 saturated carbocycles. The molecular formula is C66H62F18O10S2. The maximum absolute atomic E-state index is 14.5. The van der Waals surface area contributed by atoms with Crippen LogP contribution in [-0.2, 0) is 82.1 Å². The lowest BCUT2D eigenvalue weighted by molar-refractivity contribution is -0.393. The third-order valence-electron chi connectivity index (χ3n) is 16.4. The molecule has 0 bridgehead atoms. The van der Waals surface area contributed by atoms with E-state index in [1.165, 1.54) is 0 Å². The lowest BCUT2D eigenvalue weighted by Gasteiger charge is -2.38. The van der Waals surface area contributed by atoms with Crippen molar-refractivity contribution < 1.29 is 124 Å². The normalized spacial score (nSPS) is 19.4. The highest BCUT2D eigenvalue weighted by Crippen LogP contribution is 2.58. The molecule has 96 heavy (non-hydrogen) atoms. The van der Waals surface area contributed by atoms with Gasteiger partial charge in [0.2, 0.25) is 0 Å². The first-order chi connectivity index (χ1) is 44.1. The second-order valence-corrected chi connectivity index (χ2v) is 29.7. The van der Waals surface area contributed by atoms with E-state index in [4.69, 9.17) is 9.47 Å². The lowest BCUT2D eigenvalue weighted by atomic mass is 9.88. The van der Waals surface area contributed by atoms with E-state index in [0.717, 1.165) is 84.9 Å². The van der Waals surface area contributed by atoms with Gasteiger partial charge in [0, 0.05) is 35.1 Å². The molecule has 0 N–H and O–H groups in total. The Bertz CT molecular complexity index is 3650. The van der Waals surface area contributed by atoms with Crippen LogP contribution in [0.2, 0.25) is 0 Å². The molecule has 0 spiro atoms. The van der Waals surface area contributed by atoms with E-state index >= 15 is 0 Å². The molecule has 4 atom stereocenters. The summed E-state index contributed by atoms with van der Waals surface area (Å²) in [4.78, 5) is 24.4. The van der Waals surface area contributed by atoms with E-state index in [9.17, 15) is 105 Å². The van der Waals surface area contributed by atoms with E-state index in [0.29, 0.717) is 48.5 Å². The van der Waals surface area contributed by atoms with Gasteiger partial charge in [-0.05, 0) is 176 Å². The Balaban J connectivity index is 0.000000271. The van der Waals surface area contributed by atoms with Gasteiger partial charge in [-0.3, -0.25) is 9.59 Å². The van der Waals surface area contributed by atoms with Crippen molar-refractivity contribution in [3.63, 3.8) is 0 Å². The van der Waals surface area contributed by atoms with E-state index in [2.05, 4.69) is 9.47 Å². The molecule has 2 aliphatic carbocycles. The van der Waals surface area contributed by atoms with Gasteiger partial charge in [-0.1, -0.05) is 60.7 Å². The number of hydrogen-bond donors (Lipinski definition) is 0. The van der Waals surface area contributed by atoms with Crippen molar-refractivity contribution in [1.82, 2.24) is 0 Å². The molecule has 0 aliphatic heterocycles. The Labute approximate surface area is 540 Å². The second kappa shape index (κ2) is 27.6. The highest BCUT2D eigenvalue weighted by Gasteiger charge is 2.75. The maximum atomic E-state index is 14.5. The van der Waals surface area contributed by atoms with Crippen LogP contribution < -0.4 is 0 Å². The van der Waals surface area contributed by atoms with Gasteiger partial charge in [-0.15, -0.1) is 0 Å². The Morgan fingerprint density at radius 3 is 0.938 bits per heavy atom. The summed E-state index contributed by atoms with van der Waals surface area (Å²) in [5.74, 6) is -9.74. The van der Waals surface area contributed by atoms with Crippen LogP contribution in [0.5, 0.6) is 0 Å². The lowest BCUT2D eigenvalue weighted by Crippen LogP contribution is -2.56. The molecule has 0 amide bonds. The van der Waals surface area contributed by atoms with Gasteiger partial charge in [-0.2, -0.15) is 52.7 Å². The molecule has 2 fully saturated rings. The molecule has 0 heterocycles. The zero-order valence-corrected chi connectivity index (χ0v) is 53.3. The number of rotatable bonds is 18. The van der Waals surface area contributed by atoms with Crippen molar-refractivity contribution in [2.24, 2.45) is 11.8 Å². The first-order valence-electron chi connectivity index (χ1n) is 29.1. The molecule has 0 saturated heterocycles. The van der Waals surface area contributed by atoms with Crippen molar-refractivity contribution in [2.75, 3.05) is 0 Å². The van der Waals surface area contributed by atoms with Gasteiger partial charge in [0.25, 0.3) is 11.2 Å². The number of halogens is 18. The first kappa shape index (κ1) is 76.2. The van der Waals surface area contributed by atoms with Gasteiger partial charge in [0.1, 0.15) is 55.6 Å². The standard InChI is InChI=1S/2C33H31F9O5S/c2*1-29(2,3)47-28(43)17-20-15-16-30(18-20,48(44,45)24-13-11-23(34)12-14-24)21-7-9-22(10-8-21)31(32(37,38)39,33(40,41)42)46-19-25-26(35)5-4-6-27(25)36/h2*4-14,20H,15-19H2,1-3H3. The molecule has 524 valence electrons. The van der Waals surface area contributed by atoms with Crippen molar-refractivity contribution >= 4 is 31.6 Å². The van der Waals surface area contributed by atoms with Crippen LogP contribution in [0.4, 0.5) is 79.0 Å². The molecule has 0 aromatic heterocycles. The van der Waals surface area contributed by atoms with Crippen LogP contribution in [0.25, 0.3) is 0 Å². The van der Waals surface area contributed by atoms with Crippen LogP contribution in [0.1, 0.15) is 126 Å². The number of carbonyl (C=O) groups is 2. The molecule has 8 rings (SSSR count). The number of sulfone groups is 2. The smallest absolute Gasteiger partial charge is 0.430 e. The average Bonchev–Trinajstić information content (AvgIpc) is 1.14. The van der Waals surface area contributed by atoms with Crippen molar-refractivity contribution in [1.29, 1.82) is 0 Å². The minimum atomic E-state index is -6.21. The summed E-state index contributed by atoms with van der Waals surface area (Å²) in [5, 5.41) is 0. The maximum Gasteiger partial charge on any atom is 0.430 e. The van der Waals surface area contributed by atoms with Gasteiger partial charge in [-0.25, -0.2) is 43.2 Å². The Morgan fingerprint density at radius 2 is 0.688 bits per heavy atom. The Morgan fingerprint density at radius 1 is 0.417 bits per heavy atom. The number of carbonyl (C=O) groups excluding carboxylic acids is 2. The summed E-state index contributed by atoms with van der Waals surface area (Å²) in [6, 6.07) is 16.5. The van der Waals surface area contributed by atoms with E-state index in [1.54, 1.807) is 41.5 Å². The molecule has 4 unspecified atom stereocenters. The third kappa shape index (κ3) is 15.5. The molecule has 6 aromatic carbocycles. The van der Waals surface area contributed by atoms with E-state index in [-0.39, 0.29) is 72.3 Å². The van der Waals surface area contributed by atoms with Crippen LogP contribution >= 0.6 is 0 Å². The Kier molecular flexibility index (Phi) is 21.9. The molecule has 10 nitrogen and oxygen atoms in total. The van der Waals surface area contributed by atoms with Crippen molar-refractivity contribution in [2.45, 2.75) is 173 Å². The largest absolute Gasteiger partial charge is 0.460 e. The summed E-state index contributed by atoms with van der Waals surface area (Å²) in [6.07, 6.45) is -26.0. The highest BCUT2D eigenvalue weighted by molar-refractivity contribution is 7.92. The number of ether oxygens (including phenoxy) is 4. The second-order valence-electron chi connectivity index (χ2n) is 25.2. The average molecular weight is 1420 g/mol. The Hall–Kier alpha value is -7.18. The van der Waals surface area contributed by atoms with Crippen LogP contribution in [0.15, 0.2) is 143 Å². The number of esters is 2. The van der Waals surface area contributed by atoms with Gasteiger partial charge in [0.15, 0.2) is 19.7 Å². The minimum Gasteiger partial charge on any atom is -0.460 e. The molecule has 0 radical (unpaired) electrons. The quantitative estimate of drug-likeness (QED) is 0.0464. The van der Waals surface area contributed by atoms with Crippen LogP contribution in [-0.4, -0.2) is 64.7 Å². The minimum absolute atomic E-state index is 0.119. The first-order valence-corrected chi connectivity index (χ1v) is 32.1. The zero-order valence-electron chi connectivity index (χ0n) is 51.6. The summed E-state index contributed by atoms with van der Waals surface area (Å²) in [5.41, 5.74) is -17.6. The van der Waals surface area contributed by atoms with E-state index in [1.807, 2.05) is 0 Å². The highest BCUT2D eigenvalue weighted by atomic mass is 32.2. The molecule has 30 heteroatoms. The van der Waals surface area contributed by atoms with Gasteiger partial charge in [0.05, 0.1) is 23.0 Å².